The van der Waals surface area contributed by atoms with Crippen LogP contribution in [0.15, 0.2) is 18.3 Å². The molecule has 1 N–H and O–H groups in total. The Bertz CT molecular complexity index is 491. The van der Waals surface area contributed by atoms with E-state index in [0.29, 0.717) is 5.82 Å². The van der Waals surface area contributed by atoms with Gasteiger partial charge in [-0.3, -0.25) is 4.79 Å². The summed E-state index contributed by atoms with van der Waals surface area (Å²) in [6.45, 7) is 3.89. The van der Waals surface area contributed by atoms with Gasteiger partial charge in [0.15, 0.2) is 0 Å². The van der Waals surface area contributed by atoms with Crippen LogP contribution in [0.3, 0.4) is 0 Å². The summed E-state index contributed by atoms with van der Waals surface area (Å²) in [5, 5.41) is 2.84. The van der Waals surface area contributed by atoms with Gasteiger partial charge in [-0.1, -0.05) is 0 Å². The number of ether oxygens (including phenoxy) is 1. The zero-order valence-electron chi connectivity index (χ0n) is 11.0. The molecule has 96 valence electrons. The van der Waals surface area contributed by atoms with Crippen molar-refractivity contribution in [3.8, 4) is 0 Å². The van der Waals surface area contributed by atoms with Crippen molar-refractivity contribution in [2.45, 2.75) is 26.7 Å². The van der Waals surface area contributed by atoms with Crippen LogP contribution in [0.5, 0.6) is 0 Å². The minimum atomic E-state index is 0.0664. The Balaban J connectivity index is 2.22. The summed E-state index contributed by atoms with van der Waals surface area (Å²) in [7, 11) is 1.64. The van der Waals surface area contributed by atoms with Crippen LogP contribution < -0.4 is 5.32 Å². The van der Waals surface area contributed by atoms with Gasteiger partial charge in [0, 0.05) is 17.7 Å². The molecule has 0 saturated heterocycles. The quantitative estimate of drug-likeness (QED) is 0.831. The molecule has 0 aliphatic heterocycles. The molecule has 1 heterocycles. The van der Waals surface area contributed by atoms with E-state index >= 15 is 0 Å². The van der Waals surface area contributed by atoms with Gasteiger partial charge in [-0.05, 0) is 44.4 Å². The average molecular weight is 246 g/mol. The second-order valence-electron chi connectivity index (χ2n) is 4.51. The Labute approximate surface area is 107 Å². The number of aryl methyl sites for hydroxylation is 1. The van der Waals surface area contributed by atoms with Crippen molar-refractivity contribution in [2.75, 3.05) is 12.4 Å². The number of allylic oxidation sites excluding steroid dienone is 1. The van der Waals surface area contributed by atoms with Crippen LogP contribution in [0.1, 0.15) is 30.9 Å². The molecule has 0 atom stereocenters. The number of carbonyl (C=O) groups is 1. The first-order valence-corrected chi connectivity index (χ1v) is 6.14. The zero-order chi connectivity index (χ0) is 13.1. The van der Waals surface area contributed by atoms with Crippen molar-refractivity contribution in [2.24, 2.45) is 5.92 Å². The van der Waals surface area contributed by atoms with Crippen molar-refractivity contribution in [3.63, 3.8) is 0 Å². The molecule has 18 heavy (non-hydrogen) atoms. The molecule has 0 unspecified atom stereocenters. The summed E-state index contributed by atoms with van der Waals surface area (Å²) >= 11 is 0. The Kier molecular flexibility index (Phi) is 3.65. The molecular formula is C14H18N2O2. The van der Waals surface area contributed by atoms with Crippen LogP contribution in [-0.2, 0) is 9.53 Å². The Morgan fingerprint density at radius 2 is 2.28 bits per heavy atom. The number of aromatic nitrogens is 1. The predicted octanol–water partition coefficient (Wildman–Crippen LogP) is 2.75. The van der Waals surface area contributed by atoms with E-state index in [9.17, 15) is 4.79 Å². The summed E-state index contributed by atoms with van der Waals surface area (Å²) in [4.78, 5) is 15.9. The highest BCUT2D eigenvalue weighted by Crippen LogP contribution is 2.30. The summed E-state index contributed by atoms with van der Waals surface area (Å²) in [5.41, 5.74) is 1.98. The van der Waals surface area contributed by atoms with Gasteiger partial charge >= 0.3 is 0 Å². The second-order valence-corrected chi connectivity index (χ2v) is 4.51. The molecule has 0 aromatic carbocycles. The maximum absolute atomic E-state index is 11.7. The summed E-state index contributed by atoms with van der Waals surface area (Å²) in [6, 6.07) is 1.86. The molecule has 0 bridgehead atoms. The molecule has 4 heteroatoms. The summed E-state index contributed by atoms with van der Waals surface area (Å²) in [5.74, 6) is 1.62. The number of rotatable bonds is 4. The smallest absolute Gasteiger partial charge is 0.228 e. The van der Waals surface area contributed by atoms with Gasteiger partial charge in [0.1, 0.15) is 11.6 Å². The van der Waals surface area contributed by atoms with Gasteiger partial charge in [0.2, 0.25) is 5.91 Å². The van der Waals surface area contributed by atoms with Gasteiger partial charge < -0.3 is 10.1 Å². The monoisotopic (exact) mass is 246 g/mol. The van der Waals surface area contributed by atoms with E-state index < -0.39 is 0 Å². The third kappa shape index (κ3) is 2.70. The van der Waals surface area contributed by atoms with E-state index in [1.165, 1.54) is 0 Å². The normalized spacial score (nSPS) is 15.4. The molecule has 1 aliphatic rings. The number of nitrogens with zero attached hydrogens (tertiary/aromatic N) is 1. The highest BCUT2D eigenvalue weighted by molar-refractivity contribution is 5.93. The Hall–Kier alpha value is -1.84. The molecule has 1 aromatic rings. The number of anilines is 1. The lowest BCUT2D eigenvalue weighted by atomic mass is 10.1. The van der Waals surface area contributed by atoms with Gasteiger partial charge in [-0.25, -0.2) is 4.98 Å². The fourth-order valence-electron chi connectivity index (χ4n) is 1.81. The standard InChI is InChI=1S/C14H18N2O2/c1-4-12(18-3)11-7-13(15-8-9(11)2)16-14(17)10-5-6-10/h4,7-8,10H,5-6H2,1-3H3,(H,15,16,17). The molecule has 0 spiro atoms. The van der Waals surface area contributed by atoms with E-state index in [4.69, 9.17) is 4.74 Å². The van der Waals surface area contributed by atoms with Crippen LogP contribution in [0.25, 0.3) is 5.76 Å². The number of carbonyl (C=O) groups excluding carboxylic acids is 1. The third-order valence-corrected chi connectivity index (χ3v) is 3.05. The van der Waals surface area contributed by atoms with Crippen LogP contribution in [0, 0.1) is 12.8 Å². The van der Waals surface area contributed by atoms with E-state index in [2.05, 4.69) is 10.3 Å². The topological polar surface area (TPSA) is 51.2 Å². The van der Waals surface area contributed by atoms with Crippen LogP contribution in [0.2, 0.25) is 0 Å². The Morgan fingerprint density at radius 1 is 1.56 bits per heavy atom. The largest absolute Gasteiger partial charge is 0.496 e. The summed E-state index contributed by atoms with van der Waals surface area (Å²) < 4.78 is 5.31. The molecule has 2 rings (SSSR count). The fraction of sp³-hybridized carbons (Fsp3) is 0.429. The third-order valence-electron chi connectivity index (χ3n) is 3.05. The molecule has 4 nitrogen and oxygen atoms in total. The molecule has 1 aromatic heterocycles. The number of methoxy groups -OCH3 is 1. The van der Waals surface area contributed by atoms with E-state index in [0.717, 1.165) is 29.7 Å². The maximum Gasteiger partial charge on any atom is 0.228 e. The lowest BCUT2D eigenvalue weighted by Gasteiger charge is -2.11. The van der Waals surface area contributed by atoms with Crippen molar-refractivity contribution in [3.05, 3.63) is 29.5 Å². The molecule has 0 radical (unpaired) electrons. The van der Waals surface area contributed by atoms with E-state index in [-0.39, 0.29) is 11.8 Å². The first kappa shape index (κ1) is 12.6. The van der Waals surface area contributed by atoms with Crippen molar-refractivity contribution >= 4 is 17.5 Å². The first-order valence-electron chi connectivity index (χ1n) is 6.14. The predicted molar refractivity (Wildman–Crippen MR) is 71.0 cm³/mol. The molecule has 1 aliphatic carbocycles. The van der Waals surface area contributed by atoms with Gasteiger partial charge in [-0.15, -0.1) is 0 Å². The number of nitrogens with one attached hydrogen (secondary N) is 1. The number of pyridine rings is 1. The van der Waals surface area contributed by atoms with Crippen LogP contribution in [-0.4, -0.2) is 18.0 Å². The first-order chi connectivity index (χ1) is 8.65. The van der Waals surface area contributed by atoms with Crippen molar-refractivity contribution < 1.29 is 9.53 Å². The minimum absolute atomic E-state index is 0.0664. The minimum Gasteiger partial charge on any atom is -0.496 e. The molecular weight excluding hydrogens is 228 g/mol. The van der Waals surface area contributed by atoms with Crippen molar-refractivity contribution in [1.29, 1.82) is 0 Å². The molecule has 1 saturated carbocycles. The van der Waals surface area contributed by atoms with Crippen molar-refractivity contribution in [1.82, 2.24) is 4.98 Å². The lowest BCUT2D eigenvalue weighted by molar-refractivity contribution is -0.117. The van der Waals surface area contributed by atoms with Crippen LogP contribution >= 0.6 is 0 Å². The highest BCUT2D eigenvalue weighted by Gasteiger charge is 2.29. The van der Waals surface area contributed by atoms with E-state index in [1.54, 1.807) is 13.3 Å². The summed E-state index contributed by atoms with van der Waals surface area (Å²) in [6.07, 6.45) is 5.63. The van der Waals surface area contributed by atoms with Gasteiger partial charge in [-0.2, -0.15) is 0 Å². The molecule has 1 amide bonds. The Morgan fingerprint density at radius 3 is 2.83 bits per heavy atom. The highest BCUT2D eigenvalue weighted by atomic mass is 16.5. The van der Waals surface area contributed by atoms with E-state index in [1.807, 2.05) is 26.0 Å². The number of hydrogen-bond donors (Lipinski definition) is 1. The van der Waals surface area contributed by atoms with Gasteiger partial charge in [0.05, 0.1) is 7.11 Å². The maximum atomic E-state index is 11.7. The average Bonchev–Trinajstić information content (AvgIpc) is 3.18. The number of hydrogen-bond acceptors (Lipinski definition) is 3. The van der Waals surface area contributed by atoms with Gasteiger partial charge in [0.25, 0.3) is 0 Å². The zero-order valence-corrected chi connectivity index (χ0v) is 11.0. The fourth-order valence-corrected chi connectivity index (χ4v) is 1.81. The lowest BCUT2D eigenvalue weighted by Crippen LogP contribution is -2.14. The molecule has 1 fully saturated rings. The SMILES string of the molecule is CC=C(OC)c1cc(NC(=O)C2CC2)ncc1C. The van der Waals surface area contributed by atoms with Crippen LogP contribution in [0.4, 0.5) is 5.82 Å². The second kappa shape index (κ2) is 5.21. The number of amides is 1.